The number of pyridine rings is 2. The molecule has 0 spiro atoms. The molecular weight excluding hydrogens is 453 g/mol. The second kappa shape index (κ2) is 10.8. The van der Waals surface area contributed by atoms with Gasteiger partial charge >= 0.3 is 0 Å². The van der Waals surface area contributed by atoms with Crippen molar-refractivity contribution in [3.8, 4) is 0 Å². The lowest BCUT2D eigenvalue weighted by Gasteiger charge is -2.16. The summed E-state index contributed by atoms with van der Waals surface area (Å²) in [6.45, 7) is 3.61. The predicted molar refractivity (Wildman–Crippen MR) is 129 cm³/mol. The Morgan fingerprint density at radius 2 is 1.83 bits per heavy atom. The minimum atomic E-state index is -2.65. The van der Waals surface area contributed by atoms with Crippen molar-refractivity contribution in [2.24, 2.45) is 0 Å². The smallest absolute Gasteiger partial charge is 0.265 e. The van der Waals surface area contributed by atoms with E-state index in [2.05, 4.69) is 15.0 Å². The first-order chi connectivity index (χ1) is 16.8. The SMILES string of the molecule is Cc1cccc(F)c1.Cc1cnc2cc(C3CCCC3)c(=O)n(Cc3ncccc3C(F)F)c2n1. The molecule has 0 aliphatic heterocycles. The Bertz CT molecular complexity index is 1360. The highest BCUT2D eigenvalue weighted by atomic mass is 19.3. The van der Waals surface area contributed by atoms with Gasteiger partial charge in [-0.1, -0.05) is 25.0 Å². The Labute approximate surface area is 201 Å². The van der Waals surface area contributed by atoms with Gasteiger partial charge in [0, 0.05) is 23.5 Å². The molecule has 5 nitrogen and oxygen atoms in total. The van der Waals surface area contributed by atoms with Gasteiger partial charge in [0.25, 0.3) is 12.0 Å². The van der Waals surface area contributed by atoms with Crippen LogP contribution in [-0.4, -0.2) is 19.5 Å². The number of hydrogen-bond donors (Lipinski definition) is 0. The number of fused-ring (bicyclic) bond motifs is 1. The van der Waals surface area contributed by atoms with E-state index in [0.29, 0.717) is 22.4 Å². The van der Waals surface area contributed by atoms with Crippen LogP contribution in [0, 0.1) is 19.7 Å². The first-order valence-corrected chi connectivity index (χ1v) is 11.6. The van der Waals surface area contributed by atoms with Gasteiger partial charge in [-0.2, -0.15) is 0 Å². The van der Waals surface area contributed by atoms with E-state index >= 15 is 0 Å². The molecule has 3 heterocycles. The summed E-state index contributed by atoms with van der Waals surface area (Å²) in [5, 5.41) is 0. The van der Waals surface area contributed by atoms with Crippen molar-refractivity contribution in [2.75, 3.05) is 0 Å². The Morgan fingerprint density at radius 3 is 2.49 bits per heavy atom. The van der Waals surface area contributed by atoms with Crippen LogP contribution in [-0.2, 0) is 6.54 Å². The van der Waals surface area contributed by atoms with E-state index in [9.17, 15) is 18.0 Å². The summed E-state index contributed by atoms with van der Waals surface area (Å²) in [5.74, 6) is 0.0274. The maximum Gasteiger partial charge on any atom is 0.265 e. The Balaban J connectivity index is 0.000000308. The van der Waals surface area contributed by atoms with Gasteiger partial charge in [-0.05, 0) is 68.5 Å². The molecule has 0 atom stereocenters. The van der Waals surface area contributed by atoms with Crippen molar-refractivity contribution in [3.63, 3.8) is 0 Å². The number of benzene rings is 1. The first-order valence-electron chi connectivity index (χ1n) is 11.6. The summed E-state index contributed by atoms with van der Waals surface area (Å²) < 4.78 is 40.4. The molecule has 0 N–H and O–H groups in total. The minimum Gasteiger partial charge on any atom is -0.285 e. The lowest BCUT2D eigenvalue weighted by atomic mass is 9.98. The summed E-state index contributed by atoms with van der Waals surface area (Å²) in [4.78, 5) is 26.2. The van der Waals surface area contributed by atoms with Gasteiger partial charge in [0.1, 0.15) is 11.3 Å². The monoisotopic (exact) mass is 480 g/mol. The van der Waals surface area contributed by atoms with E-state index in [0.717, 1.165) is 31.2 Å². The van der Waals surface area contributed by atoms with Crippen LogP contribution in [0.3, 0.4) is 0 Å². The summed E-state index contributed by atoms with van der Waals surface area (Å²) in [5.41, 5.74) is 3.19. The molecule has 0 unspecified atom stereocenters. The van der Waals surface area contributed by atoms with Crippen molar-refractivity contribution >= 4 is 11.2 Å². The largest absolute Gasteiger partial charge is 0.285 e. The normalized spacial score (nSPS) is 13.8. The molecule has 1 saturated carbocycles. The van der Waals surface area contributed by atoms with Crippen LogP contribution in [0.25, 0.3) is 11.2 Å². The average molecular weight is 481 g/mol. The standard InChI is InChI=1S/C20H20F2N4O.C7H7F/c1-12-10-24-16-9-15(13-5-2-3-6-13)20(27)26(19(16)25-12)11-17-14(18(21)22)7-4-8-23-17;1-6-3-2-4-7(8)5-6/h4,7-10,13,18H,2-3,5-6,11H2,1H3;2-5H,1H3. The number of hydrogen-bond acceptors (Lipinski definition) is 4. The van der Waals surface area contributed by atoms with Crippen LogP contribution in [0.4, 0.5) is 13.2 Å². The molecule has 1 aliphatic carbocycles. The van der Waals surface area contributed by atoms with Gasteiger partial charge in [0.15, 0.2) is 5.65 Å². The van der Waals surface area contributed by atoms with Crippen molar-refractivity contribution in [3.05, 3.63) is 99.1 Å². The molecular formula is C27H27F3N4O. The molecule has 1 fully saturated rings. The first kappa shape index (κ1) is 24.6. The van der Waals surface area contributed by atoms with Crippen LogP contribution in [0.15, 0.2) is 59.7 Å². The van der Waals surface area contributed by atoms with Crippen molar-refractivity contribution in [1.82, 2.24) is 19.5 Å². The van der Waals surface area contributed by atoms with Gasteiger partial charge in [0.05, 0.1) is 17.9 Å². The molecule has 5 rings (SSSR count). The molecule has 4 aromatic rings. The van der Waals surface area contributed by atoms with Crippen LogP contribution in [0.1, 0.15) is 66.1 Å². The summed E-state index contributed by atoms with van der Waals surface area (Å²) in [7, 11) is 0. The van der Waals surface area contributed by atoms with E-state index in [4.69, 9.17) is 0 Å². The Morgan fingerprint density at radius 1 is 1.06 bits per heavy atom. The summed E-state index contributed by atoms with van der Waals surface area (Å²) in [6, 6.07) is 11.1. The van der Waals surface area contributed by atoms with Gasteiger partial charge < -0.3 is 0 Å². The van der Waals surface area contributed by atoms with Crippen molar-refractivity contribution in [2.45, 2.75) is 58.4 Å². The summed E-state index contributed by atoms with van der Waals surface area (Å²) in [6.07, 6.45) is 4.58. The van der Waals surface area contributed by atoms with E-state index in [1.54, 1.807) is 19.2 Å². The van der Waals surface area contributed by atoms with Crippen LogP contribution < -0.4 is 5.56 Å². The predicted octanol–water partition coefficient (Wildman–Crippen LogP) is 6.27. The number of alkyl halides is 2. The third-order valence-corrected chi connectivity index (χ3v) is 6.19. The zero-order valence-corrected chi connectivity index (χ0v) is 19.7. The Kier molecular flexibility index (Phi) is 7.58. The number of aryl methyl sites for hydroxylation is 2. The second-order valence-electron chi connectivity index (χ2n) is 8.83. The molecule has 0 bridgehead atoms. The lowest BCUT2D eigenvalue weighted by Crippen LogP contribution is -2.27. The zero-order chi connectivity index (χ0) is 24.9. The van der Waals surface area contributed by atoms with E-state index < -0.39 is 6.43 Å². The quantitative estimate of drug-likeness (QED) is 0.345. The fourth-order valence-corrected chi connectivity index (χ4v) is 4.45. The number of halogens is 3. The van der Waals surface area contributed by atoms with Gasteiger partial charge in [-0.15, -0.1) is 0 Å². The zero-order valence-electron chi connectivity index (χ0n) is 19.7. The second-order valence-corrected chi connectivity index (χ2v) is 8.83. The Hall–Kier alpha value is -3.55. The van der Waals surface area contributed by atoms with E-state index in [-0.39, 0.29) is 35.1 Å². The number of aromatic nitrogens is 4. The molecule has 1 aliphatic rings. The third-order valence-electron chi connectivity index (χ3n) is 6.19. The summed E-state index contributed by atoms with van der Waals surface area (Å²) >= 11 is 0. The minimum absolute atomic E-state index is 0.0471. The maximum absolute atomic E-state index is 13.4. The van der Waals surface area contributed by atoms with Gasteiger partial charge in [0.2, 0.25) is 0 Å². The van der Waals surface area contributed by atoms with Crippen molar-refractivity contribution < 1.29 is 13.2 Å². The topological polar surface area (TPSA) is 60.7 Å². The van der Waals surface area contributed by atoms with Crippen LogP contribution >= 0.6 is 0 Å². The van der Waals surface area contributed by atoms with E-state index in [1.165, 1.54) is 35.0 Å². The molecule has 182 valence electrons. The molecule has 1 aromatic carbocycles. The highest BCUT2D eigenvalue weighted by molar-refractivity contribution is 5.71. The van der Waals surface area contributed by atoms with Crippen LogP contribution in [0.5, 0.6) is 0 Å². The lowest BCUT2D eigenvalue weighted by molar-refractivity contribution is 0.149. The fourth-order valence-electron chi connectivity index (χ4n) is 4.45. The van der Waals surface area contributed by atoms with E-state index in [1.807, 2.05) is 19.1 Å². The number of rotatable bonds is 4. The van der Waals surface area contributed by atoms with Gasteiger partial charge in [-0.3, -0.25) is 19.3 Å². The molecule has 0 amide bonds. The molecule has 35 heavy (non-hydrogen) atoms. The average Bonchev–Trinajstić information content (AvgIpc) is 3.36. The molecule has 8 heteroatoms. The number of nitrogens with zero attached hydrogens (tertiary/aromatic N) is 4. The third kappa shape index (κ3) is 5.75. The van der Waals surface area contributed by atoms with Crippen LogP contribution in [0.2, 0.25) is 0 Å². The molecule has 0 saturated heterocycles. The highest BCUT2D eigenvalue weighted by Gasteiger charge is 2.24. The molecule has 3 aromatic heterocycles. The molecule has 0 radical (unpaired) electrons. The maximum atomic E-state index is 13.4. The fraction of sp³-hybridized carbons (Fsp3) is 0.333. The highest BCUT2D eigenvalue weighted by Crippen LogP contribution is 2.33. The van der Waals surface area contributed by atoms with Crippen molar-refractivity contribution in [1.29, 1.82) is 0 Å². The van der Waals surface area contributed by atoms with Gasteiger partial charge in [-0.25, -0.2) is 18.2 Å².